The van der Waals surface area contributed by atoms with Crippen LogP contribution in [0.25, 0.3) is 10.9 Å². The number of rotatable bonds is 7. The quantitative estimate of drug-likeness (QED) is 0.411. The molecule has 3 aromatic carbocycles. The molecular weight excluding hydrogens is 462 g/mol. The monoisotopic (exact) mass is 484 g/mol. The van der Waals surface area contributed by atoms with Crippen molar-refractivity contribution in [3.63, 3.8) is 0 Å². The van der Waals surface area contributed by atoms with E-state index in [1.807, 2.05) is 0 Å². The van der Waals surface area contributed by atoms with Crippen molar-refractivity contribution in [2.75, 3.05) is 11.4 Å². The molecule has 0 unspecified atom stereocenters. The third-order valence-corrected chi connectivity index (χ3v) is 7.76. The van der Waals surface area contributed by atoms with Crippen LogP contribution < -0.4 is 4.31 Å². The van der Waals surface area contributed by atoms with Crippen LogP contribution in [0.15, 0.2) is 71.6 Å². The molecule has 0 saturated heterocycles. The summed E-state index contributed by atoms with van der Waals surface area (Å²) in [5.74, 6) is -1.99. The average molecular weight is 485 g/mol. The van der Waals surface area contributed by atoms with Gasteiger partial charge in [-0.1, -0.05) is 18.2 Å². The number of aromatic nitrogens is 1. The summed E-state index contributed by atoms with van der Waals surface area (Å²) in [7, 11) is -2.62. The summed E-state index contributed by atoms with van der Waals surface area (Å²) in [6, 6.07) is 15.7. The second kappa shape index (κ2) is 8.90. The van der Waals surface area contributed by atoms with E-state index >= 15 is 0 Å². The van der Waals surface area contributed by atoms with Crippen molar-refractivity contribution in [2.45, 2.75) is 24.8 Å². The summed E-state index contributed by atoms with van der Waals surface area (Å²) in [5, 5.41) is 9.86. The molecule has 176 valence electrons. The molecule has 34 heavy (non-hydrogen) atoms. The van der Waals surface area contributed by atoms with Gasteiger partial charge in [0.25, 0.3) is 10.0 Å². The van der Waals surface area contributed by atoms with Crippen molar-refractivity contribution in [1.82, 2.24) is 4.57 Å². The van der Waals surface area contributed by atoms with E-state index in [9.17, 15) is 27.1 Å². The number of carbonyl (C=O) groups is 1. The molecule has 9 heteroatoms. The lowest BCUT2D eigenvalue weighted by Gasteiger charge is -2.21. The van der Waals surface area contributed by atoms with Gasteiger partial charge in [-0.25, -0.2) is 17.2 Å². The Kier molecular flexibility index (Phi) is 6.14. The SMILES string of the molecule is Cc1c(Cc2ccccc2S(=O)(=O)N(C)c2ccc(F)cc2)c2cc(F)ccc2n1CC(=O)O. The van der Waals surface area contributed by atoms with E-state index in [1.54, 1.807) is 29.7 Å². The first-order valence-electron chi connectivity index (χ1n) is 10.4. The van der Waals surface area contributed by atoms with Crippen molar-refractivity contribution in [3.05, 3.63) is 95.2 Å². The van der Waals surface area contributed by atoms with Gasteiger partial charge in [0, 0.05) is 30.1 Å². The zero-order valence-corrected chi connectivity index (χ0v) is 19.3. The van der Waals surface area contributed by atoms with E-state index in [-0.39, 0.29) is 17.9 Å². The van der Waals surface area contributed by atoms with Gasteiger partial charge in [-0.3, -0.25) is 9.10 Å². The summed E-state index contributed by atoms with van der Waals surface area (Å²) < 4.78 is 57.0. The fourth-order valence-electron chi connectivity index (χ4n) is 4.12. The van der Waals surface area contributed by atoms with E-state index in [0.29, 0.717) is 33.4 Å². The molecule has 1 aromatic heterocycles. The molecule has 0 saturated carbocycles. The predicted octanol–water partition coefficient (Wildman–Crippen LogP) is 4.73. The molecule has 0 fully saturated rings. The van der Waals surface area contributed by atoms with Crippen molar-refractivity contribution < 1.29 is 27.1 Å². The number of carboxylic acid groups (broad SMARTS) is 1. The number of carboxylic acids is 1. The lowest BCUT2D eigenvalue weighted by atomic mass is 10.0. The molecule has 0 aliphatic heterocycles. The minimum Gasteiger partial charge on any atom is -0.480 e. The van der Waals surface area contributed by atoms with E-state index in [1.165, 1.54) is 55.6 Å². The van der Waals surface area contributed by atoms with Gasteiger partial charge in [0.15, 0.2) is 0 Å². The molecule has 0 atom stereocenters. The summed E-state index contributed by atoms with van der Waals surface area (Å²) >= 11 is 0. The van der Waals surface area contributed by atoms with Crippen LogP contribution >= 0.6 is 0 Å². The first-order valence-corrected chi connectivity index (χ1v) is 11.8. The fourth-order valence-corrected chi connectivity index (χ4v) is 5.53. The normalized spacial score (nSPS) is 11.6. The molecule has 4 rings (SSSR count). The highest BCUT2D eigenvalue weighted by molar-refractivity contribution is 7.92. The van der Waals surface area contributed by atoms with Crippen LogP contribution in [0.5, 0.6) is 0 Å². The van der Waals surface area contributed by atoms with Crippen LogP contribution in [0, 0.1) is 18.6 Å². The summed E-state index contributed by atoms with van der Waals surface area (Å²) in [4.78, 5) is 11.5. The Hall–Kier alpha value is -3.72. The maximum atomic E-state index is 14.1. The maximum absolute atomic E-state index is 14.1. The standard InChI is InChI=1S/C25H22F2N2O4S/c1-16-21(22-14-19(27)9-12-23(22)29(16)15-25(30)31)13-17-5-3-4-6-24(17)34(32,33)28(2)20-10-7-18(26)8-11-20/h3-12,14H,13,15H2,1-2H3,(H,30,31). The largest absolute Gasteiger partial charge is 0.480 e. The highest BCUT2D eigenvalue weighted by atomic mass is 32.2. The van der Waals surface area contributed by atoms with Crippen LogP contribution in [0.2, 0.25) is 0 Å². The number of fused-ring (bicyclic) bond motifs is 1. The lowest BCUT2D eigenvalue weighted by Crippen LogP contribution is -2.27. The zero-order valence-electron chi connectivity index (χ0n) is 18.5. The van der Waals surface area contributed by atoms with E-state index in [4.69, 9.17) is 0 Å². The van der Waals surface area contributed by atoms with Crippen LogP contribution in [0.3, 0.4) is 0 Å². The molecule has 0 aliphatic rings. The molecule has 0 spiro atoms. The third-order valence-electron chi connectivity index (χ3n) is 5.88. The molecule has 0 aliphatic carbocycles. The van der Waals surface area contributed by atoms with E-state index < -0.39 is 27.6 Å². The van der Waals surface area contributed by atoms with Crippen LogP contribution in [-0.4, -0.2) is 31.1 Å². The number of halogens is 2. The summed E-state index contributed by atoms with van der Waals surface area (Å²) in [6.07, 6.45) is 0.144. The minimum atomic E-state index is -4.01. The average Bonchev–Trinajstić information content (AvgIpc) is 3.04. The molecule has 4 aromatic rings. The zero-order chi connectivity index (χ0) is 24.6. The van der Waals surface area contributed by atoms with Gasteiger partial charge >= 0.3 is 5.97 Å². The van der Waals surface area contributed by atoms with Crippen LogP contribution in [-0.2, 0) is 27.8 Å². The minimum absolute atomic E-state index is 0.0526. The van der Waals surface area contributed by atoms with Crippen molar-refractivity contribution in [1.29, 1.82) is 0 Å². The fraction of sp³-hybridized carbons (Fsp3) is 0.160. The van der Waals surface area contributed by atoms with Crippen LogP contribution in [0.1, 0.15) is 16.8 Å². The smallest absolute Gasteiger partial charge is 0.323 e. The number of hydrogen-bond donors (Lipinski definition) is 1. The number of benzene rings is 3. The molecule has 6 nitrogen and oxygen atoms in total. The Labute approximate surface area is 195 Å². The topological polar surface area (TPSA) is 79.6 Å². The molecule has 1 heterocycles. The Morgan fingerprint density at radius 3 is 2.32 bits per heavy atom. The second-order valence-corrected chi connectivity index (χ2v) is 9.88. The third kappa shape index (κ3) is 4.26. The highest BCUT2D eigenvalue weighted by Crippen LogP contribution is 2.32. The number of nitrogens with zero attached hydrogens (tertiary/aromatic N) is 2. The Morgan fingerprint density at radius 1 is 1.00 bits per heavy atom. The molecular formula is C25H22F2N2O4S. The van der Waals surface area contributed by atoms with Gasteiger partial charge in [0.05, 0.1) is 10.6 Å². The van der Waals surface area contributed by atoms with Gasteiger partial charge in [0.1, 0.15) is 18.2 Å². The van der Waals surface area contributed by atoms with Crippen LogP contribution in [0.4, 0.5) is 14.5 Å². The van der Waals surface area contributed by atoms with Gasteiger partial charge in [-0.15, -0.1) is 0 Å². The first-order chi connectivity index (χ1) is 16.1. The van der Waals surface area contributed by atoms with E-state index in [0.717, 1.165) is 4.31 Å². The van der Waals surface area contributed by atoms with E-state index in [2.05, 4.69) is 0 Å². The highest BCUT2D eigenvalue weighted by Gasteiger charge is 2.26. The van der Waals surface area contributed by atoms with Crippen molar-refractivity contribution in [2.24, 2.45) is 0 Å². The van der Waals surface area contributed by atoms with Gasteiger partial charge < -0.3 is 9.67 Å². The van der Waals surface area contributed by atoms with Gasteiger partial charge in [0.2, 0.25) is 0 Å². The molecule has 0 bridgehead atoms. The number of aliphatic carboxylic acids is 1. The Morgan fingerprint density at radius 2 is 1.65 bits per heavy atom. The number of hydrogen-bond acceptors (Lipinski definition) is 3. The van der Waals surface area contributed by atoms with Crippen molar-refractivity contribution in [3.8, 4) is 0 Å². The Bertz CT molecular complexity index is 1500. The molecule has 0 radical (unpaired) electrons. The van der Waals surface area contributed by atoms with Crippen molar-refractivity contribution >= 4 is 32.6 Å². The summed E-state index contributed by atoms with van der Waals surface area (Å²) in [6.45, 7) is 1.43. The molecule has 1 N–H and O–H groups in total. The first kappa shape index (κ1) is 23.4. The second-order valence-electron chi connectivity index (χ2n) is 7.94. The maximum Gasteiger partial charge on any atom is 0.323 e. The molecule has 0 amide bonds. The predicted molar refractivity (Wildman–Crippen MR) is 126 cm³/mol. The van der Waals surface area contributed by atoms with Gasteiger partial charge in [-0.2, -0.15) is 0 Å². The van der Waals surface area contributed by atoms with Gasteiger partial charge in [-0.05, 0) is 66.6 Å². The summed E-state index contributed by atoms with van der Waals surface area (Å²) in [5.41, 5.74) is 2.58. The lowest BCUT2D eigenvalue weighted by molar-refractivity contribution is -0.137. The number of anilines is 1. The number of sulfonamides is 1. The Balaban J connectivity index is 1.82.